The zero-order chi connectivity index (χ0) is 24.6. The Morgan fingerprint density at radius 3 is 2.25 bits per heavy atom. The minimum Gasteiger partial charge on any atom is -0.444 e. The fourth-order valence-electron chi connectivity index (χ4n) is 3.60. The van der Waals surface area contributed by atoms with Gasteiger partial charge in [-0.1, -0.05) is 31.5 Å². The molecule has 0 aliphatic heterocycles. The van der Waals surface area contributed by atoms with Crippen molar-refractivity contribution in [1.82, 2.24) is 15.5 Å². The van der Waals surface area contributed by atoms with E-state index in [1.807, 2.05) is 52.8 Å². The molecule has 0 aromatic heterocycles. The highest BCUT2D eigenvalue weighted by Crippen LogP contribution is 2.28. The molecule has 1 aromatic carbocycles. The fourth-order valence-corrected chi connectivity index (χ4v) is 3.60. The zero-order valence-electron chi connectivity index (χ0n) is 21.2. The highest BCUT2D eigenvalue weighted by Gasteiger charge is 2.35. The summed E-state index contributed by atoms with van der Waals surface area (Å²) in [6.45, 7) is 16.7. The maximum absolute atomic E-state index is 13.5. The van der Waals surface area contributed by atoms with Gasteiger partial charge in [0, 0.05) is 12.1 Å². The number of hydrogen-bond donors (Lipinski definition) is 2. The van der Waals surface area contributed by atoms with Crippen molar-refractivity contribution in [3.05, 3.63) is 34.9 Å². The Kier molecular flexibility index (Phi) is 10.2. The maximum Gasteiger partial charge on any atom is 0.408 e. The third-order valence-electron chi connectivity index (χ3n) is 5.21. The summed E-state index contributed by atoms with van der Waals surface area (Å²) < 4.78 is 5.24. The summed E-state index contributed by atoms with van der Waals surface area (Å²) in [7, 11) is 0. The molecule has 3 amide bonds. The Bertz CT molecular complexity index is 799. The van der Waals surface area contributed by atoms with Crippen LogP contribution in [0.5, 0.6) is 0 Å². The quantitative estimate of drug-likeness (QED) is 0.587. The van der Waals surface area contributed by atoms with Crippen LogP contribution in [0.1, 0.15) is 84.0 Å². The van der Waals surface area contributed by atoms with Gasteiger partial charge in [0.1, 0.15) is 18.2 Å². The van der Waals surface area contributed by atoms with Gasteiger partial charge in [-0.3, -0.25) is 9.59 Å². The number of carbonyl (C=O) groups excluding carboxylic acids is 3. The molecule has 0 heterocycles. The molecule has 2 unspecified atom stereocenters. The first-order chi connectivity index (χ1) is 14.8. The predicted molar refractivity (Wildman–Crippen MR) is 127 cm³/mol. The molecule has 7 nitrogen and oxygen atoms in total. The molecule has 0 spiro atoms. The van der Waals surface area contributed by atoms with Crippen molar-refractivity contribution in [1.29, 1.82) is 0 Å². The second-order valence-electron chi connectivity index (χ2n) is 9.64. The second-order valence-corrected chi connectivity index (χ2v) is 9.64. The van der Waals surface area contributed by atoms with Gasteiger partial charge in [0.25, 0.3) is 0 Å². The number of alkyl carbamates (subject to hydrolysis) is 1. The van der Waals surface area contributed by atoms with Crippen molar-refractivity contribution < 1.29 is 19.1 Å². The van der Waals surface area contributed by atoms with Crippen molar-refractivity contribution in [2.75, 3.05) is 6.54 Å². The molecule has 0 aliphatic carbocycles. The molecule has 0 fully saturated rings. The Morgan fingerprint density at radius 1 is 1.09 bits per heavy atom. The van der Waals surface area contributed by atoms with Crippen LogP contribution in [-0.2, 0) is 14.3 Å². The van der Waals surface area contributed by atoms with Gasteiger partial charge in [-0.15, -0.1) is 0 Å². The van der Waals surface area contributed by atoms with E-state index in [9.17, 15) is 14.4 Å². The van der Waals surface area contributed by atoms with Gasteiger partial charge in [-0.25, -0.2) is 4.79 Å². The molecule has 1 aromatic rings. The monoisotopic (exact) mass is 447 g/mol. The third kappa shape index (κ3) is 8.17. The van der Waals surface area contributed by atoms with E-state index in [1.54, 1.807) is 25.7 Å². The fraction of sp³-hybridized carbons (Fsp3) is 0.640. The highest BCUT2D eigenvalue weighted by molar-refractivity contribution is 5.91. The van der Waals surface area contributed by atoms with Crippen LogP contribution in [-0.4, -0.2) is 47.0 Å². The van der Waals surface area contributed by atoms with E-state index in [1.165, 1.54) is 0 Å². The smallest absolute Gasteiger partial charge is 0.408 e. The zero-order valence-corrected chi connectivity index (χ0v) is 21.2. The van der Waals surface area contributed by atoms with Gasteiger partial charge in [0.05, 0.1) is 0 Å². The Morgan fingerprint density at radius 2 is 1.72 bits per heavy atom. The average molecular weight is 448 g/mol. The van der Waals surface area contributed by atoms with Crippen LogP contribution in [0.25, 0.3) is 0 Å². The Labute approximate surface area is 193 Å². The van der Waals surface area contributed by atoms with Crippen LogP contribution in [0.2, 0.25) is 0 Å². The number of hydrogen-bond acceptors (Lipinski definition) is 4. The van der Waals surface area contributed by atoms with Crippen molar-refractivity contribution in [3.8, 4) is 0 Å². The molecule has 7 heteroatoms. The van der Waals surface area contributed by atoms with Crippen molar-refractivity contribution in [2.24, 2.45) is 0 Å². The highest BCUT2D eigenvalue weighted by atomic mass is 16.6. The minimum atomic E-state index is -0.804. The Balaban J connectivity index is 3.26. The van der Waals surface area contributed by atoms with Crippen LogP contribution in [0.4, 0.5) is 4.79 Å². The summed E-state index contributed by atoms with van der Waals surface area (Å²) in [6.07, 6.45) is 1.13. The lowest BCUT2D eigenvalue weighted by atomic mass is 9.94. The average Bonchev–Trinajstić information content (AvgIpc) is 2.65. The summed E-state index contributed by atoms with van der Waals surface area (Å²) >= 11 is 0. The van der Waals surface area contributed by atoms with Crippen molar-refractivity contribution in [3.63, 3.8) is 0 Å². The number of ether oxygens (including phenoxy) is 1. The molecule has 2 N–H and O–H groups in total. The molecule has 0 aliphatic rings. The van der Waals surface area contributed by atoms with E-state index in [2.05, 4.69) is 17.6 Å². The van der Waals surface area contributed by atoms with E-state index in [4.69, 9.17) is 4.74 Å². The van der Waals surface area contributed by atoms with E-state index < -0.39 is 17.7 Å². The lowest BCUT2D eigenvalue weighted by molar-refractivity contribution is -0.142. The predicted octanol–water partition coefficient (Wildman–Crippen LogP) is 4.41. The standard InChI is InChI=1S/C25H41N3O4/c1-10-12-18(5)27-23(30)22(20-14-11-13-17(4)19(20)6)28(16(2)3)21(29)15-26-24(31)32-25(7,8)9/h11,13-14,16,18,22H,10,12,15H2,1-9H3,(H,26,31)(H,27,30). The minimum absolute atomic E-state index is 0.0101. The molecule has 180 valence electrons. The molecule has 32 heavy (non-hydrogen) atoms. The molecule has 0 saturated heterocycles. The normalized spacial score (nSPS) is 13.3. The summed E-state index contributed by atoms with van der Waals surface area (Å²) in [4.78, 5) is 40.3. The van der Waals surface area contributed by atoms with Crippen LogP contribution in [0.15, 0.2) is 18.2 Å². The first kappa shape index (κ1) is 27.5. The van der Waals surface area contributed by atoms with E-state index >= 15 is 0 Å². The van der Waals surface area contributed by atoms with Gasteiger partial charge in [-0.2, -0.15) is 0 Å². The van der Waals surface area contributed by atoms with Crippen molar-refractivity contribution in [2.45, 2.75) is 98.9 Å². The Hall–Kier alpha value is -2.57. The van der Waals surface area contributed by atoms with Gasteiger partial charge in [0.15, 0.2) is 0 Å². The van der Waals surface area contributed by atoms with Crippen LogP contribution >= 0.6 is 0 Å². The van der Waals surface area contributed by atoms with E-state index in [0.717, 1.165) is 29.5 Å². The molecular formula is C25H41N3O4. The molecular weight excluding hydrogens is 406 g/mol. The number of aryl methyl sites for hydroxylation is 1. The first-order valence-corrected chi connectivity index (χ1v) is 11.4. The van der Waals surface area contributed by atoms with Crippen LogP contribution in [0.3, 0.4) is 0 Å². The van der Waals surface area contributed by atoms with E-state index in [-0.39, 0.29) is 30.4 Å². The van der Waals surface area contributed by atoms with Crippen LogP contribution in [0, 0.1) is 13.8 Å². The number of benzene rings is 1. The number of rotatable bonds is 9. The molecule has 2 atom stereocenters. The van der Waals surface area contributed by atoms with Gasteiger partial charge in [-0.05, 0) is 78.5 Å². The third-order valence-corrected chi connectivity index (χ3v) is 5.21. The van der Waals surface area contributed by atoms with Crippen molar-refractivity contribution >= 4 is 17.9 Å². The number of amides is 3. The summed E-state index contributed by atoms with van der Waals surface area (Å²) in [6, 6.07) is 4.70. The SMILES string of the molecule is CCCC(C)NC(=O)C(c1cccc(C)c1C)N(C(=O)CNC(=O)OC(C)(C)C)C(C)C. The van der Waals surface area contributed by atoms with Crippen LogP contribution < -0.4 is 10.6 Å². The van der Waals surface area contributed by atoms with Gasteiger partial charge < -0.3 is 20.3 Å². The van der Waals surface area contributed by atoms with Gasteiger partial charge >= 0.3 is 6.09 Å². The van der Waals surface area contributed by atoms with E-state index in [0.29, 0.717) is 0 Å². The number of nitrogens with one attached hydrogen (secondary N) is 2. The molecule has 1 rings (SSSR count). The number of nitrogens with zero attached hydrogens (tertiary/aromatic N) is 1. The van der Waals surface area contributed by atoms with Gasteiger partial charge in [0.2, 0.25) is 11.8 Å². The molecule has 0 saturated carbocycles. The lowest BCUT2D eigenvalue weighted by Crippen LogP contribution is -2.51. The summed E-state index contributed by atoms with van der Waals surface area (Å²) in [5, 5.41) is 5.59. The molecule has 0 radical (unpaired) electrons. The lowest BCUT2D eigenvalue weighted by Gasteiger charge is -2.36. The topological polar surface area (TPSA) is 87.7 Å². The molecule has 0 bridgehead atoms. The first-order valence-electron chi connectivity index (χ1n) is 11.4. The maximum atomic E-state index is 13.5. The summed E-state index contributed by atoms with van der Waals surface area (Å²) in [5.74, 6) is -0.575. The largest absolute Gasteiger partial charge is 0.444 e. The second kappa shape index (κ2) is 11.9. The number of carbonyl (C=O) groups is 3. The summed E-state index contributed by atoms with van der Waals surface area (Å²) in [5.41, 5.74) is 2.13.